The number of nitrogens with zero attached hydrogens (tertiary/aromatic N) is 1. The Kier molecular flexibility index (Phi) is 4.26. The van der Waals surface area contributed by atoms with E-state index in [2.05, 4.69) is 5.32 Å². The fourth-order valence-corrected chi connectivity index (χ4v) is 3.14. The molecule has 2 amide bonds. The van der Waals surface area contributed by atoms with Gasteiger partial charge in [0.05, 0.1) is 5.75 Å². The summed E-state index contributed by atoms with van der Waals surface area (Å²) in [5.74, 6) is -1.62. The Labute approximate surface area is 122 Å². The zero-order valence-electron chi connectivity index (χ0n) is 11.4. The molecule has 1 N–H and O–H groups in total. The molecule has 8 heteroatoms. The third-order valence-corrected chi connectivity index (χ3v) is 4.01. The summed E-state index contributed by atoms with van der Waals surface area (Å²) in [6.45, 7) is 1.56. The van der Waals surface area contributed by atoms with Crippen LogP contribution in [0.5, 0.6) is 0 Å². The second-order valence-electron chi connectivity index (χ2n) is 5.01. The van der Waals surface area contributed by atoms with E-state index in [1.807, 2.05) is 0 Å². The maximum Gasteiger partial charge on any atom is 0.302 e. The molecule has 0 aromatic heterocycles. The number of benzene rings is 1. The summed E-state index contributed by atoms with van der Waals surface area (Å²) in [6, 6.07) is 6.58. The first kappa shape index (κ1) is 15.4. The number of carbonyl (C=O) groups is 2. The average Bonchev–Trinajstić information content (AvgIpc) is 2.68. The van der Waals surface area contributed by atoms with Gasteiger partial charge in [0.25, 0.3) is 0 Å². The fourth-order valence-electron chi connectivity index (χ4n) is 2.35. The third-order valence-electron chi connectivity index (χ3n) is 3.14. The molecule has 1 aliphatic heterocycles. The normalized spacial score (nSPS) is 18.9. The van der Waals surface area contributed by atoms with Crippen molar-refractivity contribution in [2.24, 2.45) is 5.92 Å². The van der Waals surface area contributed by atoms with E-state index in [4.69, 9.17) is 0 Å². The number of carbonyl (C=O) groups excluding carboxylic acids is 2. The van der Waals surface area contributed by atoms with Gasteiger partial charge in [0.15, 0.2) is 0 Å². The smallest absolute Gasteiger partial charge is 0.302 e. The van der Waals surface area contributed by atoms with Crippen molar-refractivity contribution in [3.8, 4) is 0 Å². The Bertz CT molecular complexity index is 657. The maximum absolute atomic E-state index is 12.7. The van der Waals surface area contributed by atoms with Crippen LogP contribution in [0, 0.1) is 5.92 Å². The highest BCUT2D eigenvalue weighted by Gasteiger charge is 2.33. The van der Waals surface area contributed by atoms with E-state index in [1.165, 1.54) is 11.8 Å². The van der Waals surface area contributed by atoms with Crippen LogP contribution in [-0.4, -0.2) is 32.5 Å². The molecule has 1 heterocycles. The molecule has 0 aliphatic carbocycles. The molecule has 1 aromatic carbocycles. The van der Waals surface area contributed by atoms with Crippen LogP contribution in [0.1, 0.15) is 13.3 Å². The molecule has 0 radical (unpaired) electrons. The van der Waals surface area contributed by atoms with Crippen molar-refractivity contribution >= 4 is 33.4 Å². The van der Waals surface area contributed by atoms with E-state index in [1.54, 1.807) is 24.3 Å². The van der Waals surface area contributed by atoms with Gasteiger partial charge >= 0.3 is 10.2 Å². The van der Waals surface area contributed by atoms with Crippen LogP contribution < -0.4 is 10.2 Å². The predicted molar refractivity (Wildman–Crippen MR) is 76.1 cm³/mol. The number of halogens is 1. The highest BCUT2D eigenvalue weighted by Crippen LogP contribution is 2.27. The first-order valence-corrected chi connectivity index (χ1v) is 7.90. The number of rotatable bonds is 4. The van der Waals surface area contributed by atoms with Crippen molar-refractivity contribution in [1.82, 2.24) is 0 Å². The van der Waals surface area contributed by atoms with Crippen LogP contribution in [-0.2, 0) is 19.8 Å². The summed E-state index contributed by atoms with van der Waals surface area (Å²) < 4.78 is 34.0. The summed E-state index contributed by atoms with van der Waals surface area (Å²) in [4.78, 5) is 24.2. The molecule has 1 atom stereocenters. The third kappa shape index (κ3) is 4.25. The van der Waals surface area contributed by atoms with Gasteiger partial charge in [-0.05, 0) is 24.3 Å². The van der Waals surface area contributed by atoms with Gasteiger partial charge < -0.3 is 10.2 Å². The minimum absolute atomic E-state index is 0.0105. The zero-order chi connectivity index (χ0) is 15.6. The highest BCUT2D eigenvalue weighted by molar-refractivity contribution is 7.86. The second kappa shape index (κ2) is 5.80. The largest absolute Gasteiger partial charge is 0.326 e. The summed E-state index contributed by atoms with van der Waals surface area (Å²) in [7, 11) is -4.58. The number of anilines is 2. The van der Waals surface area contributed by atoms with E-state index in [9.17, 15) is 21.9 Å². The molecular weight excluding hydrogens is 299 g/mol. The predicted octanol–water partition coefficient (Wildman–Crippen LogP) is 1.30. The van der Waals surface area contributed by atoms with Gasteiger partial charge in [0.2, 0.25) is 11.8 Å². The molecule has 0 saturated carbocycles. The lowest BCUT2D eigenvalue weighted by Crippen LogP contribution is -2.25. The second-order valence-corrected chi connectivity index (χ2v) is 6.42. The van der Waals surface area contributed by atoms with Crippen LogP contribution in [0.15, 0.2) is 24.3 Å². The van der Waals surface area contributed by atoms with Crippen molar-refractivity contribution in [2.45, 2.75) is 13.3 Å². The van der Waals surface area contributed by atoms with Gasteiger partial charge in [-0.3, -0.25) is 9.59 Å². The first-order valence-electron chi connectivity index (χ1n) is 6.35. The van der Waals surface area contributed by atoms with Crippen LogP contribution in [0.25, 0.3) is 0 Å². The number of hydrogen-bond acceptors (Lipinski definition) is 4. The number of nitrogens with one attached hydrogen (secondary N) is 1. The molecule has 1 fully saturated rings. The minimum atomic E-state index is -4.58. The first-order chi connectivity index (χ1) is 9.74. The Hall–Kier alpha value is -1.96. The summed E-state index contributed by atoms with van der Waals surface area (Å²) in [6.07, 6.45) is 0.0105. The van der Waals surface area contributed by atoms with Gasteiger partial charge in [-0.2, -0.15) is 8.42 Å². The highest BCUT2D eigenvalue weighted by atomic mass is 32.3. The fraction of sp³-hybridized carbons (Fsp3) is 0.385. The van der Waals surface area contributed by atoms with Crippen LogP contribution in [0.4, 0.5) is 15.3 Å². The monoisotopic (exact) mass is 314 g/mol. The van der Waals surface area contributed by atoms with Gasteiger partial charge in [0.1, 0.15) is 0 Å². The zero-order valence-corrected chi connectivity index (χ0v) is 12.2. The molecule has 2 rings (SSSR count). The van der Waals surface area contributed by atoms with E-state index in [0.717, 1.165) is 0 Å². The van der Waals surface area contributed by atoms with Crippen LogP contribution >= 0.6 is 0 Å². The molecule has 1 saturated heterocycles. The van der Waals surface area contributed by atoms with Crippen LogP contribution in [0.2, 0.25) is 0 Å². The number of hydrogen-bond donors (Lipinski definition) is 1. The van der Waals surface area contributed by atoms with Crippen molar-refractivity contribution in [2.75, 3.05) is 22.5 Å². The van der Waals surface area contributed by atoms with Crippen molar-refractivity contribution in [1.29, 1.82) is 0 Å². The van der Waals surface area contributed by atoms with Crippen molar-refractivity contribution in [3.63, 3.8) is 0 Å². The van der Waals surface area contributed by atoms with Gasteiger partial charge in [-0.15, -0.1) is 3.89 Å². The minimum Gasteiger partial charge on any atom is -0.326 e. The lowest BCUT2D eigenvalue weighted by molar-refractivity contribution is -0.117. The molecule has 0 bridgehead atoms. The van der Waals surface area contributed by atoms with Gasteiger partial charge in [-0.25, -0.2) is 0 Å². The SMILES string of the molecule is CC(=O)Nc1ccc(N2CC(CS(=O)(=O)F)CC2=O)cc1. The molecule has 1 aromatic rings. The van der Waals surface area contributed by atoms with Crippen molar-refractivity contribution < 1.29 is 21.9 Å². The van der Waals surface area contributed by atoms with E-state index in [-0.39, 0.29) is 24.8 Å². The average molecular weight is 314 g/mol. The quantitative estimate of drug-likeness (QED) is 0.849. The van der Waals surface area contributed by atoms with Crippen LogP contribution in [0.3, 0.4) is 0 Å². The Balaban J connectivity index is 2.08. The van der Waals surface area contributed by atoms with Crippen molar-refractivity contribution in [3.05, 3.63) is 24.3 Å². The topological polar surface area (TPSA) is 83.6 Å². The summed E-state index contributed by atoms with van der Waals surface area (Å²) in [5, 5.41) is 2.60. The molecular formula is C13H15FN2O4S. The number of amides is 2. The molecule has 114 valence electrons. The molecule has 21 heavy (non-hydrogen) atoms. The standard InChI is InChI=1S/C13H15FN2O4S/c1-9(17)15-11-2-4-12(5-3-11)16-7-10(6-13(16)18)8-21(14,19)20/h2-5,10H,6-8H2,1H3,(H,15,17). The summed E-state index contributed by atoms with van der Waals surface area (Å²) >= 11 is 0. The molecule has 6 nitrogen and oxygen atoms in total. The van der Waals surface area contributed by atoms with Gasteiger partial charge in [0, 0.05) is 37.2 Å². The lowest BCUT2D eigenvalue weighted by atomic mass is 10.1. The van der Waals surface area contributed by atoms with E-state index >= 15 is 0 Å². The maximum atomic E-state index is 12.7. The Morgan fingerprint density at radius 2 is 2.00 bits per heavy atom. The van der Waals surface area contributed by atoms with E-state index in [0.29, 0.717) is 11.4 Å². The molecule has 1 aliphatic rings. The Morgan fingerprint density at radius 1 is 1.38 bits per heavy atom. The molecule has 0 spiro atoms. The summed E-state index contributed by atoms with van der Waals surface area (Å²) in [5.41, 5.74) is 1.19. The molecule has 1 unspecified atom stereocenters. The van der Waals surface area contributed by atoms with Gasteiger partial charge in [-0.1, -0.05) is 0 Å². The van der Waals surface area contributed by atoms with E-state index < -0.39 is 21.9 Å². The Morgan fingerprint density at radius 3 is 2.52 bits per heavy atom. The lowest BCUT2D eigenvalue weighted by Gasteiger charge is -2.17.